The van der Waals surface area contributed by atoms with Gasteiger partial charge in [0.15, 0.2) is 0 Å². The van der Waals surface area contributed by atoms with Gasteiger partial charge in [-0.25, -0.2) is 9.59 Å². The maximum Gasteiger partial charge on any atom is 0.409 e. The monoisotopic (exact) mass is 518 g/mol. The zero-order valence-electron chi connectivity index (χ0n) is 20.8. The van der Waals surface area contributed by atoms with Crippen LogP contribution in [0.3, 0.4) is 0 Å². The first-order chi connectivity index (χ1) is 18.0. The number of H-pyrrole nitrogens is 1. The van der Waals surface area contributed by atoms with Crippen molar-refractivity contribution in [3.05, 3.63) is 99.9 Å². The van der Waals surface area contributed by atoms with Gasteiger partial charge in [-0.15, -0.1) is 0 Å². The predicted molar refractivity (Wildman–Crippen MR) is 147 cm³/mol. The number of piperidine rings is 1. The van der Waals surface area contributed by atoms with Crippen molar-refractivity contribution in [1.29, 1.82) is 0 Å². The molecule has 37 heavy (non-hydrogen) atoms. The SMILES string of the molecule is C[C@@H](COC(=O)N1CCC(n2c(=O)[nH]c3cc(Cl)ccc32)CC1)N(Cc1ccccc1)c1ccccc1. The first-order valence-corrected chi connectivity index (χ1v) is 13.0. The number of aromatic nitrogens is 2. The lowest BCUT2D eigenvalue weighted by Gasteiger charge is -2.34. The molecule has 0 aliphatic carbocycles. The maximum absolute atomic E-state index is 12.9. The zero-order valence-corrected chi connectivity index (χ0v) is 21.6. The molecule has 3 aromatic carbocycles. The molecule has 1 aromatic heterocycles. The van der Waals surface area contributed by atoms with Crippen molar-refractivity contribution >= 4 is 34.4 Å². The van der Waals surface area contributed by atoms with Crippen molar-refractivity contribution in [3.63, 3.8) is 0 Å². The Balaban J connectivity index is 1.19. The van der Waals surface area contributed by atoms with Crippen LogP contribution in [0.1, 0.15) is 31.4 Å². The molecule has 8 heteroatoms. The van der Waals surface area contributed by atoms with Gasteiger partial charge < -0.3 is 19.5 Å². The summed E-state index contributed by atoms with van der Waals surface area (Å²) in [5.74, 6) is 0. The van der Waals surface area contributed by atoms with Crippen molar-refractivity contribution in [2.75, 3.05) is 24.6 Å². The van der Waals surface area contributed by atoms with Crippen LogP contribution in [-0.4, -0.2) is 46.3 Å². The summed E-state index contributed by atoms with van der Waals surface area (Å²) in [7, 11) is 0. The first kappa shape index (κ1) is 25.0. The van der Waals surface area contributed by atoms with Gasteiger partial charge in [0.2, 0.25) is 0 Å². The number of hydrogen-bond donors (Lipinski definition) is 1. The number of benzene rings is 3. The molecule has 1 amide bonds. The normalized spacial score (nSPS) is 15.0. The largest absolute Gasteiger partial charge is 0.447 e. The van der Waals surface area contributed by atoms with Crippen LogP contribution in [-0.2, 0) is 11.3 Å². The highest BCUT2D eigenvalue weighted by atomic mass is 35.5. The van der Waals surface area contributed by atoms with Gasteiger partial charge in [-0.3, -0.25) is 4.57 Å². The number of aromatic amines is 1. The third kappa shape index (κ3) is 5.67. The van der Waals surface area contributed by atoms with Gasteiger partial charge in [0, 0.05) is 36.4 Å². The molecule has 0 spiro atoms. The molecule has 0 saturated carbocycles. The number of anilines is 1. The minimum Gasteiger partial charge on any atom is -0.447 e. The summed E-state index contributed by atoms with van der Waals surface area (Å²) in [6.07, 6.45) is 1.06. The first-order valence-electron chi connectivity index (χ1n) is 12.7. The number of hydrogen-bond acceptors (Lipinski definition) is 4. The highest BCUT2D eigenvalue weighted by Gasteiger charge is 2.27. The number of carbonyl (C=O) groups excluding carboxylic acids is 1. The Morgan fingerprint density at radius 2 is 1.73 bits per heavy atom. The van der Waals surface area contributed by atoms with Crippen LogP contribution in [0.4, 0.5) is 10.5 Å². The molecule has 1 fully saturated rings. The standard InChI is InChI=1S/C29H31ClN4O3/c1-21(33(24-10-6-3-7-11-24)19-22-8-4-2-5-9-22)20-37-29(36)32-16-14-25(15-17-32)34-27-13-12-23(30)18-26(27)31-28(34)35/h2-13,18,21,25H,14-17,19-20H2,1H3,(H,31,35)/t21-/m0/s1. The van der Waals surface area contributed by atoms with Gasteiger partial charge in [-0.2, -0.15) is 0 Å². The number of likely N-dealkylation sites (tertiary alicyclic amines) is 1. The van der Waals surface area contributed by atoms with Gasteiger partial charge >= 0.3 is 11.8 Å². The van der Waals surface area contributed by atoms with Crippen molar-refractivity contribution in [2.45, 2.75) is 38.4 Å². The molecule has 1 N–H and O–H groups in total. The van der Waals surface area contributed by atoms with E-state index in [9.17, 15) is 9.59 Å². The van der Waals surface area contributed by atoms with Crippen LogP contribution in [0.5, 0.6) is 0 Å². The van der Waals surface area contributed by atoms with E-state index in [0.29, 0.717) is 31.0 Å². The molecule has 5 rings (SSSR count). The molecule has 0 bridgehead atoms. The molecule has 1 saturated heterocycles. The third-order valence-electron chi connectivity index (χ3n) is 7.03. The molecular formula is C29H31ClN4O3. The fourth-order valence-electron chi connectivity index (χ4n) is 5.05. The topological polar surface area (TPSA) is 70.6 Å². The summed E-state index contributed by atoms with van der Waals surface area (Å²) in [6.45, 7) is 4.15. The number of nitrogens with zero attached hydrogens (tertiary/aromatic N) is 3. The van der Waals surface area contributed by atoms with Gasteiger partial charge in [0.25, 0.3) is 0 Å². The summed E-state index contributed by atoms with van der Waals surface area (Å²) in [5.41, 5.74) is 3.70. The minimum atomic E-state index is -0.309. The fourth-order valence-corrected chi connectivity index (χ4v) is 5.22. The fraction of sp³-hybridized carbons (Fsp3) is 0.310. The van der Waals surface area contributed by atoms with Crippen LogP contribution in [0.15, 0.2) is 83.7 Å². The minimum absolute atomic E-state index is 0.0132. The molecule has 1 aliphatic heterocycles. The van der Waals surface area contributed by atoms with E-state index in [4.69, 9.17) is 16.3 Å². The molecular weight excluding hydrogens is 488 g/mol. The Bertz CT molecular complexity index is 1400. The Hall–Kier alpha value is -3.71. The number of rotatable bonds is 7. The molecule has 7 nitrogen and oxygen atoms in total. The third-order valence-corrected chi connectivity index (χ3v) is 7.27. The second-order valence-corrected chi connectivity index (χ2v) is 9.99. The number of carbonyl (C=O) groups is 1. The maximum atomic E-state index is 12.9. The summed E-state index contributed by atoms with van der Waals surface area (Å²) >= 11 is 6.07. The van der Waals surface area contributed by atoms with E-state index in [1.165, 1.54) is 5.56 Å². The Morgan fingerprint density at radius 3 is 2.43 bits per heavy atom. The second-order valence-electron chi connectivity index (χ2n) is 9.55. The molecule has 1 atom stereocenters. The van der Waals surface area contributed by atoms with E-state index < -0.39 is 0 Å². The number of fused-ring (bicyclic) bond motifs is 1. The van der Waals surface area contributed by atoms with Crippen molar-refractivity contribution in [1.82, 2.24) is 14.5 Å². The van der Waals surface area contributed by atoms with Crippen LogP contribution in [0.2, 0.25) is 5.02 Å². The lowest BCUT2D eigenvalue weighted by atomic mass is 10.0. The number of imidazole rings is 1. The molecule has 0 unspecified atom stereocenters. The highest BCUT2D eigenvalue weighted by Crippen LogP contribution is 2.27. The van der Waals surface area contributed by atoms with Crippen molar-refractivity contribution < 1.29 is 9.53 Å². The molecule has 1 aliphatic rings. The molecule has 4 aromatic rings. The molecule has 192 valence electrons. The van der Waals surface area contributed by atoms with Crippen LogP contribution in [0.25, 0.3) is 11.0 Å². The molecule has 2 heterocycles. The number of para-hydroxylation sites is 1. The number of halogens is 1. The van der Waals surface area contributed by atoms with Gasteiger partial charge in [0.05, 0.1) is 17.1 Å². The lowest BCUT2D eigenvalue weighted by Crippen LogP contribution is -2.43. The van der Waals surface area contributed by atoms with Gasteiger partial charge in [-0.05, 0) is 55.7 Å². The quantitative estimate of drug-likeness (QED) is 0.333. The van der Waals surface area contributed by atoms with E-state index in [0.717, 1.165) is 23.3 Å². The summed E-state index contributed by atoms with van der Waals surface area (Å²) in [4.78, 5) is 32.4. The van der Waals surface area contributed by atoms with Gasteiger partial charge in [0.1, 0.15) is 6.61 Å². The smallest absolute Gasteiger partial charge is 0.409 e. The Morgan fingerprint density at radius 1 is 1.05 bits per heavy atom. The van der Waals surface area contributed by atoms with Gasteiger partial charge in [-0.1, -0.05) is 60.1 Å². The lowest BCUT2D eigenvalue weighted by molar-refractivity contribution is 0.0844. The zero-order chi connectivity index (χ0) is 25.8. The van der Waals surface area contributed by atoms with Crippen molar-refractivity contribution in [3.8, 4) is 0 Å². The summed E-state index contributed by atoms with van der Waals surface area (Å²) < 4.78 is 7.56. The Kier molecular flexibility index (Phi) is 7.51. The molecule has 0 radical (unpaired) electrons. The average molecular weight is 519 g/mol. The predicted octanol–water partition coefficient (Wildman–Crippen LogP) is 5.85. The Labute approximate surface area is 221 Å². The number of ether oxygens (including phenoxy) is 1. The van der Waals surface area contributed by atoms with E-state index in [1.54, 1.807) is 21.6 Å². The van der Waals surface area contributed by atoms with Crippen LogP contribution < -0.4 is 10.6 Å². The summed E-state index contributed by atoms with van der Waals surface area (Å²) in [5, 5.41) is 0.585. The van der Waals surface area contributed by atoms with E-state index >= 15 is 0 Å². The number of nitrogens with one attached hydrogen (secondary N) is 1. The van der Waals surface area contributed by atoms with Crippen LogP contribution in [0, 0.1) is 0 Å². The average Bonchev–Trinajstić information content (AvgIpc) is 3.26. The van der Waals surface area contributed by atoms with Crippen molar-refractivity contribution in [2.24, 2.45) is 0 Å². The summed E-state index contributed by atoms with van der Waals surface area (Å²) in [6, 6.07) is 25.9. The van der Waals surface area contributed by atoms with Crippen LogP contribution >= 0.6 is 11.6 Å². The van der Waals surface area contributed by atoms with E-state index in [-0.39, 0.29) is 30.5 Å². The number of amides is 1. The van der Waals surface area contributed by atoms with E-state index in [1.807, 2.05) is 42.5 Å². The van der Waals surface area contributed by atoms with E-state index in [2.05, 4.69) is 41.1 Å². The second kappa shape index (κ2) is 11.1. The highest BCUT2D eigenvalue weighted by molar-refractivity contribution is 6.31.